The van der Waals surface area contributed by atoms with Crippen LogP contribution in [0, 0.1) is 5.82 Å². The second-order valence-corrected chi connectivity index (χ2v) is 5.56. The van der Waals surface area contributed by atoms with Gasteiger partial charge in [-0.15, -0.1) is 11.3 Å². The average molecular weight is 359 g/mol. The minimum Gasteiger partial charge on any atom is -0.466 e. The van der Waals surface area contributed by atoms with E-state index in [1.807, 2.05) is 0 Å². The molecular formula is C13H12BrFN2O2S. The Morgan fingerprint density at radius 3 is 3.05 bits per heavy atom. The fourth-order valence-electron chi connectivity index (χ4n) is 1.53. The molecule has 1 N–H and O–H groups in total. The van der Waals surface area contributed by atoms with E-state index in [0.29, 0.717) is 27.6 Å². The maximum atomic E-state index is 13.7. The normalized spacial score (nSPS) is 10.3. The van der Waals surface area contributed by atoms with Crippen LogP contribution in [0.2, 0.25) is 0 Å². The molecule has 106 valence electrons. The van der Waals surface area contributed by atoms with Crippen molar-refractivity contribution >= 4 is 44.1 Å². The second kappa shape index (κ2) is 6.81. The number of nitrogens with one attached hydrogen (secondary N) is 1. The maximum Gasteiger partial charge on any atom is 0.311 e. The molecule has 1 heterocycles. The summed E-state index contributed by atoms with van der Waals surface area (Å²) in [6.45, 7) is 2.10. The summed E-state index contributed by atoms with van der Waals surface area (Å²) in [7, 11) is 0. The topological polar surface area (TPSA) is 51.2 Å². The van der Waals surface area contributed by atoms with E-state index in [9.17, 15) is 9.18 Å². The molecule has 20 heavy (non-hydrogen) atoms. The van der Waals surface area contributed by atoms with Crippen molar-refractivity contribution in [2.75, 3.05) is 11.9 Å². The van der Waals surface area contributed by atoms with Gasteiger partial charge in [0.2, 0.25) is 0 Å². The Morgan fingerprint density at radius 2 is 2.35 bits per heavy atom. The lowest BCUT2D eigenvalue weighted by molar-refractivity contribution is -0.142. The maximum absolute atomic E-state index is 13.7. The molecule has 0 aliphatic heterocycles. The number of nitrogens with zero attached hydrogens (tertiary/aromatic N) is 1. The minimum absolute atomic E-state index is 0.116. The molecule has 0 fully saturated rings. The number of hydrogen-bond donors (Lipinski definition) is 1. The lowest BCUT2D eigenvalue weighted by Crippen LogP contribution is -2.07. The monoisotopic (exact) mass is 358 g/mol. The highest BCUT2D eigenvalue weighted by Crippen LogP contribution is 2.29. The summed E-state index contributed by atoms with van der Waals surface area (Å²) in [5.41, 5.74) is 0.924. The highest BCUT2D eigenvalue weighted by molar-refractivity contribution is 9.10. The molecule has 0 spiro atoms. The van der Waals surface area contributed by atoms with Crippen molar-refractivity contribution in [3.63, 3.8) is 0 Å². The fourth-order valence-corrected chi connectivity index (χ4v) is 2.69. The van der Waals surface area contributed by atoms with Crippen molar-refractivity contribution in [2.24, 2.45) is 0 Å². The van der Waals surface area contributed by atoms with E-state index in [4.69, 9.17) is 4.74 Å². The Bertz CT molecular complexity index is 598. The smallest absolute Gasteiger partial charge is 0.311 e. The number of thiazole rings is 1. The fraction of sp³-hybridized carbons (Fsp3) is 0.231. The van der Waals surface area contributed by atoms with Crippen molar-refractivity contribution < 1.29 is 13.9 Å². The average Bonchev–Trinajstić information content (AvgIpc) is 2.82. The van der Waals surface area contributed by atoms with Gasteiger partial charge in [-0.2, -0.15) is 0 Å². The molecule has 0 radical (unpaired) electrons. The number of aromatic nitrogens is 1. The molecule has 1 aromatic carbocycles. The van der Waals surface area contributed by atoms with Gasteiger partial charge in [-0.25, -0.2) is 9.37 Å². The number of carbonyl (C=O) groups excluding carboxylic acids is 1. The molecule has 4 nitrogen and oxygen atoms in total. The van der Waals surface area contributed by atoms with Gasteiger partial charge >= 0.3 is 5.97 Å². The number of anilines is 2. The number of halogens is 2. The Labute approximate surface area is 128 Å². The highest BCUT2D eigenvalue weighted by Gasteiger charge is 2.11. The van der Waals surface area contributed by atoms with E-state index in [-0.39, 0.29) is 18.2 Å². The van der Waals surface area contributed by atoms with Gasteiger partial charge in [-0.3, -0.25) is 4.79 Å². The molecule has 0 saturated heterocycles. The number of esters is 1. The number of benzene rings is 1. The number of para-hydroxylation sites is 1. The van der Waals surface area contributed by atoms with Crippen LogP contribution in [-0.4, -0.2) is 17.6 Å². The SMILES string of the molecule is CCOC(=O)Cc1csc(Nc2c(F)cccc2Br)n1. The van der Waals surface area contributed by atoms with Crippen molar-refractivity contribution in [2.45, 2.75) is 13.3 Å². The first-order valence-electron chi connectivity index (χ1n) is 5.91. The summed E-state index contributed by atoms with van der Waals surface area (Å²) in [6.07, 6.45) is 0.116. The van der Waals surface area contributed by atoms with E-state index in [1.165, 1.54) is 17.4 Å². The third-order valence-corrected chi connectivity index (χ3v) is 3.84. The van der Waals surface area contributed by atoms with Crippen LogP contribution in [0.5, 0.6) is 0 Å². The predicted molar refractivity (Wildman–Crippen MR) is 79.8 cm³/mol. The molecule has 7 heteroatoms. The van der Waals surface area contributed by atoms with Gasteiger partial charge in [0, 0.05) is 9.85 Å². The van der Waals surface area contributed by atoms with Crippen molar-refractivity contribution in [1.29, 1.82) is 0 Å². The van der Waals surface area contributed by atoms with Gasteiger partial charge in [0.05, 0.1) is 24.4 Å². The quantitative estimate of drug-likeness (QED) is 0.823. The lowest BCUT2D eigenvalue weighted by atomic mass is 10.3. The van der Waals surface area contributed by atoms with Gasteiger partial charge in [-0.1, -0.05) is 6.07 Å². The van der Waals surface area contributed by atoms with Crippen LogP contribution in [0.25, 0.3) is 0 Å². The van der Waals surface area contributed by atoms with Crippen molar-refractivity contribution in [3.05, 3.63) is 39.6 Å². The molecule has 2 aromatic rings. The first-order chi connectivity index (χ1) is 9.60. The van der Waals surface area contributed by atoms with Crippen LogP contribution in [-0.2, 0) is 16.0 Å². The molecule has 0 atom stereocenters. The molecule has 0 amide bonds. The van der Waals surface area contributed by atoms with E-state index < -0.39 is 0 Å². The van der Waals surface area contributed by atoms with Gasteiger partial charge < -0.3 is 10.1 Å². The first kappa shape index (κ1) is 14.9. The van der Waals surface area contributed by atoms with E-state index >= 15 is 0 Å². The zero-order valence-corrected chi connectivity index (χ0v) is 13.1. The van der Waals surface area contributed by atoms with Crippen LogP contribution < -0.4 is 5.32 Å². The number of ether oxygens (including phenoxy) is 1. The standard InChI is InChI=1S/C13H12BrFN2O2S/c1-2-19-11(18)6-8-7-20-13(16-8)17-12-9(14)4-3-5-10(12)15/h3-5,7H,2,6H2,1H3,(H,16,17). The first-order valence-corrected chi connectivity index (χ1v) is 7.58. The number of carbonyl (C=O) groups is 1. The molecule has 0 unspecified atom stereocenters. The predicted octanol–water partition coefficient (Wildman–Crippen LogP) is 3.89. The van der Waals surface area contributed by atoms with E-state index in [0.717, 1.165) is 0 Å². The molecule has 1 aromatic heterocycles. The third-order valence-electron chi connectivity index (χ3n) is 2.38. The zero-order valence-electron chi connectivity index (χ0n) is 10.7. The Hall–Kier alpha value is -1.47. The highest BCUT2D eigenvalue weighted by atomic mass is 79.9. The van der Waals surface area contributed by atoms with Crippen LogP contribution in [0.15, 0.2) is 28.1 Å². The molecule has 0 saturated carbocycles. The summed E-state index contributed by atoms with van der Waals surface area (Å²) in [6, 6.07) is 4.71. The van der Waals surface area contributed by atoms with E-state index in [2.05, 4.69) is 26.2 Å². The second-order valence-electron chi connectivity index (χ2n) is 3.85. The third kappa shape index (κ3) is 3.77. The van der Waals surface area contributed by atoms with Crippen LogP contribution in [0.4, 0.5) is 15.2 Å². The number of rotatable bonds is 5. The molecular weight excluding hydrogens is 347 g/mol. The molecule has 0 bridgehead atoms. The Kier molecular flexibility index (Phi) is 5.08. The molecule has 0 aliphatic rings. The van der Waals surface area contributed by atoms with Crippen LogP contribution in [0.1, 0.15) is 12.6 Å². The Morgan fingerprint density at radius 1 is 1.55 bits per heavy atom. The van der Waals surface area contributed by atoms with E-state index in [1.54, 1.807) is 24.4 Å². The summed E-state index contributed by atoms with van der Waals surface area (Å²) in [5, 5.41) is 5.17. The summed E-state index contributed by atoms with van der Waals surface area (Å²) in [5.74, 6) is -0.696. The minimum atomic E-state index is -0.374. The number of hydrogen-bond acceptors (Lipinski definition) is 5. The van der Waals surface area contributed by atoms with Crippen molar-refractivity contribution in [3.8, 4) is 0 Å². The van der Waals surface area contributed by atoms with Crippen LogP contribution in [0.3, 0.4) is 0 Å². The Balaban J connectivity index is 2.08. The van der Waals surface area contributed by atoms with Crippen molar-refractivity contribution in [1.82, 2.24) is 4.98 Å². The van der Waals surface area contributed by atoms with Gasteiger partial charge in [0.25, 0.3) is 0 Å². The lowest BCUT2D eigenvalue weighted by Gasteiger charge is -2.06. The van der Waals surface area contributed by atoms with Crippen LogP contribution >= 0.6 is 27.3 Å². The molecule has 2 rings (SSSR count). The van der Waals surface area contributed by atoms with Gasteiger partial charge in [0.1, 0.15) is 5.82 Å². The molecule has 0 aliphatic carbocycles. The largest absolute Gasteiger partial charge is 0.466 e. The summed E-state index contributed by atoms with van der Waals surface area (Å²) >= 11 is 4.58. The van der Waals surface area contributed by atoms with Gasteiger partial charge in [-0.05, 0) is 35.0 Å². The summed E-state index contributed by atoms with van der Waals surface area (Å²) < 4.78 is 19.1. The zero-order chi connectivity index (χ0) is 14.5. The van der Waals surface area contributed by atoms with Gasteiger partial charge in [0.15, 0.2) is 5.13 Å². The summed E-state index contributed by atoms with van der Waals surface area (Å²) in [4.78, 5) is 15.6.